The highest BCUT2D eigenvalue weighted by atomic mass is 35.5. The van der Waals surface area contributed by atoms with E-state index in [0.717, 1.165) is 4.70 Å². The molecule has 0 radical (unpaired) electrons. The standard InChI is InChI=1S/C15H13ClFN3O4S2/c1-23-14-11(24-5-4-17)7-18-15(19-14)20-26(21,22)13-8-25-12-6-9(16)2-3-10(12)13/h2-3,6-8H,4-5H2,1H3,(H,18,19,20). The van der Waals surface area contributed by atoms with Gasteiger partial charge in [0.15, 0.2) is 5.75 Å². The molecule has 0 unspecified atom stereocenters. The van der Waals surface area contributed by atoms with Crippen LogP contribution in [0, 0.1) is 0 Å². The number of methoxy groups -OCH3 is 1. The van der Waals surface area contributed by atoms with E-state index in [1.54, 1.807) is 18.2 Å². The molecule has 3 rings (SSSR count). The molecule has 0 aliphatic heterocycles. The number of anilines is 1. The van der Waals surface area contributed by atoms with Crippen molar-refractivity contribution in [2.75, 3.05) is 25.1 Å². The number of thiophene rings is 1. The first kappa shape index (κ1) is 18.6. The lowest BCUT2D eigenvalue weighted by atomic mass is 10.3. The second-order valence-electron chi connectivity index (χ2n) is 4.95. The highest BCUT2D eigenvalue weighted by molar-refractivity contribution is 7.93. The molecule has 0 spiro atoms. The number of rotatable bonds is 7. The number of hydrogen-bond acceptors (Lipinski definition) is 7. The van der Waals surface area contributed by atoms with Gasteiger partial charge in [-0.3, -0.25) is 0 Å². The first-order valence-electron chi connectivity index (χ1n) is 7.24. The van der Waals surface area contributed by atoms with Crippen LogP contribution in [0.3, 0.4) is 0 Å². The van der Waals surface area contributed by atoms with Crippen molar-refractivity contribution in [1.82, 2.24) is 9.97 Å². The van der Waals surface area contributed by atoms with E-state index in [1.807, 2.05) is 0 Å². The van der Waals surface area contributed by atoms with Gasteiger partial charge in [0.1, 0.15) is 18.2 Å². The second kappa shape index (κ2) is 7.60. The van der Waals surface area contributed by atoms with Gasteiger partial charge in [0, 0.05) is 20.5 Å². The maximum Gasteiger partial charge on any atom is 0.265 e. The molecule has 138 valence electrons. The summed E-state index contributed by atoms with van der Waals surface area (Å²) in [6, 6.07) is 4.95. The molecule has 2 heterocycles. The minimum absolute atomic E-state index is 0.00638. The number of nitrogens with one attached hydrogen (secondary N) is 1. The number of aromatic nitrogens is 2. The third-order valence-electron chi connectivity index (χ3n) is 3.27. The van der Waals surface area contributed by atoms with E-state index in [0.29, 0.717) is 10.4 Å². The van der Waals surface area contributed by atoms with Gasteiger partial charge in [-0.05, 0) is 12.1 Å². The lowest BCUT2D eigenvalue weighted by Gasteiger charge is -2.10. The van der Waals surface area contributed by atoms with E-state index in [-0.39, 0.29) is 29.1 Å². The van der Waals surface area contributed by atoms with Gasteiger partial charge in [-0.15, -0.1) is 11.3 Å². The molecule has 3 aromatic rings. The number of hydrogen-bond donors (Lipinski definition) is 1. The van der Waals surface area contributed by atoms with Crippen LogP contribution in [-0.4, -0.2) is 38.8 Å². The fourth-order valence-electron chi connectivity index (χ4n) is 2.16. The SMILES string of the molecule is COc1nc(NS(=O)(=O)c2csc3cc(Cl)ccc23)ncc1OCCF. The van der Waals surface area contributed by atoms with Crippen molar-refractivity contribution in [3.63, 3.8) is 0 Å². The molecule has 0 aliphatic rings. The van der Waals surface area contributed by atoms with Crippen molar-refractivity contribution in [2.24, 2.45) is 0 Å². The third kappa shape index (κ3) is 3.81. The Balaban J connectivity index is 1.91. The number of alkyl halides is 1. The zero-order valence-corrected chi connectivity index (χ0v) is 15.8. The van der Waals surface area contributed by atoms with E-state index < -0.39 is 16.7 Å². The van der Waals surface area contributed by atoms with Crippen LogP contribution in [0.1, 0.15) is 0 Å². The largest absolute Gasteiger partial charge is 0.484 e. The van der Waals surface area contributed by atoms with E-state index in [9.17, 15) is 12.8 Å². The highest BCUT2D eigenvalue weighted by Gasteiger charge is 2.21. The number of halogens is 2. The maximum absolute atomic E-state index is 12.7. The van der Waals surface area contributed by atoms with Crippen LogP contribution in [0.25, 0.3) is 10.1 Å². The Labute approximate surface area is 157 Å². The Morgan fingerprint density at radius 3 is 2.92 bits per heavy atom. The summed E-state index contributed by atoms with van der Waals surface area (Å²) in [6.45, 7) is -0.874. The summed E-state index contributed by atoms with van der Waals surface area (Å²) in [6.07, 6.45) is 1.21. The summed E-state index contributed by atoms with van der Waals surface area (Å²) in [5, 5.41) is 2.58. The predicted molar refractivity (Wildman–Crippen MR) is 97.7 cm³/mol. The smallest absolute Gasteiger partial charge is 0.265 e. The van der Waals surface area contributed by atoms with Crippen LogP contribution in [0.15, 0.2) is 34.7 Å². The molecule has 0 fully saturated rings. The van der Waals surface area contributed by atoms with E-state index in [4.69, 9.17) is 21.1 Å². The molecule has 0 saturated carbocycles. The van der Waals surface area contributed by atoms with E-state index in [2.05, 4.69) is 14.7 Å². The van der Waals surface area contributed by atoms with Gasteiger partial charge in [0.05, 0.1) is 13.3 Å². The molecular formula is C15H13ClFN3O4S2. The van der Waals surface area contributed by atoms with Crippen molar-refractivity contribution in [3.05, 3.63) is 34.8 Å². The summed E-state index contributed by atoms with van der Waals surface area (Å²) in [5.74, 6) is -0.0837. The summed E-state index contributed by atoms with van der Waals surface area (Å²) in [4.78, 5) is 7.92. The maximum atomic E-state index is 12.7. The molecule has 0 amide bonds. The fraction of sp³-hybridized carbons (Fsp3) is 0.200. The first-order chi connectivity index (χ1) is 12.4. The molecular weight excluding hydrogens is 405 g/mol. The monoisotopic (exact) mass is 417 g/mol. The fourth-order valence-corrected chi connectivity index (χ4v) is 4.89. The van der Waals surface area contributed by atoms with Gasteiger partial charge in [0.25, 0.3) is 15.9 Å². The molecule has 1 aromatic carbocycles. The number of benzene rings is 1. The highest BCUT2D eigenvalue weighted by Crippen LogP contribution is 2.32. The van der Waals surface area contributed by atoms with Crippen molar-refractivity contribution in [2.45, 2.75) is 4.90 Å². The number of nitrogens with zero attached hydrogens (tertiary/aromatic N) is 2. The minimum atomic E-state index is -3.93. The number of ether oxygens (including phenoxy) is 2. The quantitative estimate of drug-likeness (QED) is 0.632. The van der Waals surface area contributed by atoms with Crippen LogP contribution in [0.4, 0.5) is 10.3 Å². The molecule has 26 heavy (non-hydrogen) atoms. The summed E-state index contributed by atoms with van der Waals surface area (Å²) >= 11 is 7.19. The molecule has 2 aromatic heterocycles. The van der Waals surface area contributed by atoms with Crippen molar-refractivity contribution in [1.29, 1.82) is 0 Å². The molecule has 11 heteroatoms. The third-order valence-corrected chi connectivity index (χ3v) is 5.97. The summed E-state index contributed by atoms with van der Waals surface area (Å²) in [7, 11) is -2.60. The Morgan fingerprint density at radius 1 is 1.38 bits per heavy atom. The van der Waals surface area contributed by atoms with Gasteiger partial charge in [-0.1, -0.05) is 17.7 Å². The van der Waals surface area contributed by atoms with E-state index in [1.165, 1.54) is 30.0 Å². The van der Waals surface area contributed by atoms with Crippen LogP contribution in [0.2, 0.25) is 5.02 Å². The Morgan fingerprint density at radius 2 is 2.19 bits per heavy atom. The number of sulfonamides is 1. The molecule has 0 aliphatic carbocycles. The first-order valence-corrected chi connectivity index (χ1v) is 9.98. The molecule has 7 nitrogen and oxygen atoms in total. The van der Waals surface area contributed by atoms with Gasteiger partial charge in [0.2, 0.25) is 5.95 Å². The predicted octanol–water partition coefficient (Wildman–Crippen LogP) is 3.50. The summed E-state index contributed by atoms with van der Waals surface area (Å²) < 4.78 is 50.7. The Hall–Kier alpha value is -2.17. The molecule has 0 saturated heterocycles. The van der Waals surface area contributed by atoms with E-state index >= 15 is 0 Å². The van der Waals surface area contributed by atoms with Crippen LogP contribution >= 0.6 is 22.9 Å². The van der Waals surface area contributed by atoms with Gasteiger partial charge in [-0.25, -0.2) is 22.5 Å². The molecule has 0 bridgehead atoms. The Bertz CT molecular complexity index is 1040. The van der Waals surface area contributed by atoms with Crippen molar-refractivity contribution < 1.29 is 22.3 Å². The lowest BCUT2D eigenvalue weighted by molar-refractivity contribution is 0.256. The normalized spacial score (nSPS) is 11.5. The lowest BCUT2D eigenvalue weighted by Crippen LogP contribution is -2.15. The molecule has 1 N–H and O–H groups in total. The van der Waals surface area contributed by atoms with Crippen LogP contribution in [0.5, 0.6) is 11.6 Å². The number of fused-ring (bicyclic) bond motifs is 1. The average molecular weight is 418 g/mol. The van der Waals surface area contributed by atoms with Gasteiger partial charge in [-0.2, -0.15) is 4.98 Å². The topological polar surface area (TPSA) is 90.4 Å². The van der Waals surface area contributed by atoms with Gasteiger partial charge >= 0.3 is 0 Å². The zero-order chi connectivity index (χ0) is 18.7. The second-order valence-corrected chi connectivity index (χ2v) is 7.95. The van der Waals surface area contributed by atoms with Crippen molar-refractivity contribution in [3.8, 4) is 11.6 Å². The zero-order valence-electron chi connectivity index (χ0n) is 13.4. The van der Waals surface area contributed by atoms with Gasteiger partial charge < -0.3 is 9.47 Å². The Kier molecular flexibility index (Phi) is 5.44. The van der Waals surface area contributed by atoms with Crippen LogP contribution in [-0.2, 0) is 10.0 Å². The van der Waals surface area contributed by atoms with Crippen LogP contribution < -0.4 is 14.2 Å². The summed E-state index contributed by atoms with van der Waals surface area (Å²) in [5.41, 5.74) is 0. The van der Waals surface area contributed by atoms with Crippen molar-refractivity contribution >= 4 is 49.0 Å². The molecule has 0 atom stereocenters. The average Bonchev–Trinajstić information content (AvgIpc) is 3.04. The minimum Gasteiger partial charge on any atom is -0.484 e.